The molecule has 174 valence electrons. The van der Waals surface area contributed by atoms with E-state index in [2.05, 4.69) is 81.9 Å². The fraction of sp³-hybridized carbons (Fsp3) is 0.333. The summed E-state index contributed by atoms with van der Waals surface area (Å²) in [7, 11) is 0. The summed E-state index contributed by atoms with van der Waals surface area (Å²) in [5.41, 5.74) is 7.56. The third-order valence-electron chi connectivity index (χ3n) is 6.31. The van der Waals surface area contributed by atoms with E-state index in [1.807, 2.05) is 0 Å². The molecule has 1 aliphatic rings. The lowest BCUT2D eigenvalue weighted by Gasteiger charge is -2.30. The second-order valence-corrected chi connectivity index (χ2v) is 9.01. The molecule has 1 aliphatic heterocycles. The lowest BCUT2D eigenvalue weighted by Crippen LogP contribution is -2.32. The van der Waals surface area contributed by atoms with E-state index in [4.69, 9.17) is 9.97 Å². The average molecular weight is 456 g/mol. The summed E-state index contributed by atoms with van der Waals surface area (Å²) in [4.78, 5) is 26.5. The molecular weight excluding hydrogens is 426 g/mol. The summed E-state index contributed by atoms with van der Waals surface area (Å²) in [6, 6.07) is 17.1. The number of rotatable bonds is 7. The molecule has 34 heavy (non-hydrogen) atoms. The van der Waals surface area contributed by atoms with Gasteiger partial charge in [0.25, 0.3) is 0 Å². The summed E-state index contributed by atoms with van der Waals surface area (Å²) >= 11 is 0. The predicted octanol–water partition coefficient (Wildman–Crippen LogP) is 4.88. The molecule has 0 unspecified atom stereocenters. The Morgan fingerprint density at radius 3 is 2.18 bits per heavy atom. The number of nitrogens with one attached hydrogen (secondary N) is 1. The van der Waals surface area contributed by atoms with Crippen molar-refractivity contribution in [2.24, 2.45) is 0 Å². The van der Waals surface area contributed by atoms with Gasteiger partial charge in [-0.1, -0.05) is 64.8 Å². The van der Waals surface area contributed by atoms with Crippen molar-refractivity contribution in [2.45, 2.75) is 46.0 Å². The summed E-state index contributed by atoms with van der Waals surface area (Å²) < 4.78 is 4.58. The molecule has 7 heteroatoms. The van der Waals surface area contributed by atoms with Crippen LogP contribution < -0.4 is 10.7 Å². The lowest BCUT2D eigenvalue weighted by atomic mass is 10.0. The van der Waals surface area contributed by atoms with E-state index in [1.54, 1.807) is 0 Å². The van der Waals surface area contributed by atoms with Gasteiger partial charge in [0.15, 0.2) is 11.6 Å². The van der Waals surface area contributed by atoms with Crippen molar-refractivity contribution in [1.29, 1.82) is 0 Å². The topological polar surface area (TPSA) is 87.9 Å². The molecule has 0 bridgehead atoms. The first-order valence-electron chi connectivity index (χ1n) is 11.9. The monoisotopic (exact) mass is 455 g/mol. The maximum Gasteiger partial charge on any atom is 0.438 e. The van der Waals surface area contributed by atoms with Crippen molar-refractivity contribution in [3.05, 3.63) is 81.7 Å². The Labute approximate surface area is 198 Å². The Morgan fingerprint density at radius 1 is 0.912 bits per heavy atom. The molecule has 0 radical (unpaired) electrons. The van der Waals surface area contributed by atoms with Crippen LogP contribution in [-0.2, 0) is 12.8 Å². The van der Waals surface area contributed by atoms with Gasteiger partial charge in [0, 0.05) is 30.6 Å². The number of fused-ring (bicyclic) bond motifs is 1. The first-order valence-corrected chi connectivity index (χ1v) is 11.9. The van der Waals surface area contributed by atoms with Gasteiger partial charge in [-0.2, -0.15) is 0 Å². The first-order chi connectivity index (χ1) is 16.6. The molecule has 5 rings (SSSR count). The van der Waals surface area contributed by atoms with Gasteiger partial charge in [0.05, 0.1) is 17.1 Å². The zero-order chi connectivity index (χ0) is 23.5. The molecule has 2 aromatic heterocycles. The van der Waals surface area contributed by atoms with E-state index in [1.165, 1.54) is 11.1 Å². The molecule has 0 saturated heterocycles. The smallest absolute Gasteiger partial charge is 0.355 e. The number of aromatic nitrogens is 4. The third-order valence-corrected chi connectivity index (χ3v) is 6.31. The molecule has 0 aliphatic carbocycles. The Balaban J connectivity index is 1.44. The van der Waals surface area contributed by atoms with Gasteiger partial charge in [0.1, 0.15) is 0 Å². The van der Waals surface area contributed by atoms with Crippen LogP contribution in [0.5, 0.6) is 0 Å². The van der Waals surface area contributed by atoms with Gasteiger partial charge in [-0.25, -0.2) is 14.8 Å². The van der Waals surface area contributed by atoms with E-state index in [9.17, 15) is 4.79 Å². The highest BCUT2D eigenvalue weighted by molar-refractivity contribution is 5.79. The SMILES string of the molecule is Cc1ccc(-c2nc3c(nc2-c2ccc(C)cc2)N(CCCCc2noc(=O)[nH]2)CCC3)cc1. The number of H-pyrrole nitrogens is 1. The number of aryl methyl sites for hydroxylation is 4. The van der Waals surface area contributed by atoms with Crippen molar-refractivity contribution in [2.75, 3.05) is 18.0 Å². The summed E-state index contributed by atoms with van der Waals surface area (Å²) in [5.74, 6) is 1.10. The van der Waals surface area contributed by atoms with E-state index >= 15 is 0 Å². The molecule has 1 N–H and O–H groups in total. The quantitative estimate of drug-likeness (QED) is 0.400. The minimum absolute atomic E-state index is 0.497. The first kappa shape index (κ1) is 22.1. The Kier molecular flexibility index (Phi) is 6.25. The minimum atomic E-state index is -0.497. The fourth-order valence-corrected chi connectivity index (χ4v) is 4.43. The average Bonchev–Trinajstić information content (AvgIpc) is 3.27. The van der Waals surface area contributed by atoms with E-state index < -0.39 is 5.76 Å². The molecule has 4 aromatic rings. The molecule has 0 fully saturated rings. The summed E-state index contributed by atoms with van der Waals surface area (Å²) in [6.45, 7) is 6.06. The van der Waals surface area contributed by atoms with Crippen LogP contribution in [0.15, 0.2) is 57.8 Å². The normalized spacial score (nSPS) is 13.2. The molecular formula is C27H29N5O2. The second-order valence-electron chi connectivity index (χ2n) is 9.01. The molecule has 0 spiro atoms. The summed E-state index contributed by atoms with van der Waals surface area (Å²) in [5, 5.41) is 3.75. The molecule has 0 amide bonds. The van der Waals surface area contributed by atoms with Gasteiger partial charge in [-0.15, -0.1) is 0 Å². The highest BCUT2D eigenvalue weighted by Gasteiger charge is 2.23. The van der Waals surface area contributed by atoms with Crippen molar-refractivity contribution < 1.29 is 4.52 Å². The van der Waals surface area contributed by atoms with Gasteiger partial charge in [-0.3, -0.25) is 9.51 Å². The maximum atomic E-state index is 11.1. The number of benzene rings is 2. The highest BCUT2D eigenvalue weighted by Crippen LogP contribution is 2.35. The number of unbranched alkanes of at least 4 members (excludes halogenated alkanes) is 1. The number of nitrogens with zero attached hydrogens (tertiary/aromatic N) is 4. The molecule has 0 saturated carbocycles. The number of aromatic amines is 1. The van der Waals surface area contributed by atoms with Crippen LogP contribution in [0.3, 0.4) is 0 Å². The Bertz CT molecular complexity index is 1320. The van der Waals surface area contributed by atoms with Crippen LogP contribution in [0.4, 0.5) is 5.82 Å². The predicted molar refractivity (Wildman–Crippen MR) is 133 cm³/mol. The number of anilines is 1. The van der Waals surface area contributed by atoms with Crippen molar-refractivity contribution >= 4 is 5.82 Å². The van der Waals surface area contributed by atoms with E-state index in [-0.39, 0.29) is 0 Å². The molecule has 2 aromatic carbocycles. The van der Waals surface area contributed by atoms with Crippen LogP contribution in [0.2, 0.25) is 0 Å². The minimum Gasteiger partial charge on any atom is -0.355 e. The van der Waals surface area contributed by atoms with Gasteiger partial charge in [-0.05, 0) is 39.5 Å². The van der Waals surface area contributed by atoms with Crippen LogP contribution in [-0.4, -0.2) is 33.2 Å². The van der Waals surface area contributed by atoms with E-state index in [0.29, 0.717) is 12.2 Å². The largest absolute Gasteiger partial charge is 0.438 e. The van der Waals surface area contributed by atoms with Gasteiger partial charge >= 0.3 is 5.76 Å². The summed E-state index contributed by atoms with van der Waals surface area (Å²) in [6.07, 6.45) is 4.57. The van der Waals surface area contributed by atoms with Crippen molar-refractivity contribution in [3.63, 3.8) is 0 Å². The highest BCUT2D eigenvalue weighted by atomic mass is 16.5. The molecule has 3 heterocycles. The van der Waals surface area contributed by atoms with Crippen LogP contribution >= 0.6 is 0 Å². The Hall–Kier alpha value is -3.74. The zero-order valence-electron chi connectivity index (χ0n) is 19.7. The van der Waals surface area contributed by atoms with Crippen molar-refractivity contribution in [1.82, 2.24) is 20.1 Å². The Morgan fingerprint density at radius 2 is 1.56 bits per heavy atom. The zero-order valence-corrected chi connectivity index (χ0v) is 19.7. The van der Waals surface area contributed by atoms with E-state index in [0.717, 1.165) is 72.8 Å². The van der Waals surface area contributed by atoms with Gasteiger partial charge in [0.2, 0.25) is 0 Å². The van der Waals surface area contributed by atoms with Gasteiger partial charge < -0.3 is 4.90 Å². The van der Waals surface area contributed by atoms with Crippen LogP contribution in [0.25, 0.3) is 22.5 Å². The van der Waals surface area contributed by atoms with Crippen molar-refractivity contribution in [3.8, 4) is 22.5 Å². The van der Waals surface area contributed by atoms with Crippen LogP contribution in [0, 0.1) is 13.8 Å². The lowest BCUT2D eigenvalue weighted by molar-refractivity contribution is 0.380. The van der Waals surface area contributed by atoms with Crippen LogP contribution in [0.1, 0.15) is 41.9 Å². The maximum absolute atomic E-state index is 11.1. The second kappa shape index (κ2) is 9.63. The fourth-order valence-electron chi connectivity index (χ4n) is 4.43. The third kappa shape index (κ3) is 4.78. The number of hydrogen-bond donors (Lipinski definition) is 1. The molecule has 7 nitrogen and oxygen atoms in total. The standard InChI is InChI=1S/C27H29N5O2/c1-18-8-12-20(13-9-18)24-25(21-14-10-19(2)11-15-21)30-26-22(28-24)6-5-17-32(26)16-4-3-7-23-29-27(33)34-31-23/h8-15H,3-7,16-17H2,1-2H3,(H,29,31,33). The molecule has 0 atom stereocenters. The number of hydrogen-bond acceptors (Lipinski definition) is 6.